The summed E-state index contributed by atoms with van der Waals surface area (Å²) in [6.07, 6.45) is 7.53. The number of aromatic nitrogens is 3. The fraction of sp³-hybridized carbons (Fsp3) is 0.455. The van der Waals surface area contributed by atoms with Gasteiger partial charge < -0.3 is 4.40 Å². The van der Waals surface area contributed by atoms with Crippen LogP contribution in [0.3, 0.4) is 0 Å². The molecule has 3 nitrogen and oxygen atoms in total. The molecule has 0 bridgehead atoms. The molecule has 74 valence electrons. The quantitative estimate of drug-likeness (QED) is 0.726. The van der Waals surface area contributed by atoms with Crippen molar-refractivity contribution in [2.24, 2.45) is 5.92 Å². The van der Waals surface area contributed by atoms with E-state index in [2.05, 4.69) is 30.7 Å². The highest BCUT2D eigenvalue weighted by atomic mass is 15.0. The zero-order chi connectivity index (χ0) is 10.1. The average molecular weight is 189 g/mol. The second-order valence-electron chi connectivity index (χ2n) is 4.00. The fourth-order valence-electron chi connectivity index (χ4n) is 1.51. The molecule has 2 aromatic rings. The number of imidazole rings is 1. The van der Waals surface area contributed by atoms with Crippen LogP contribution in [0.15, 0.2) is 24.8 Å². The average Bonchev–Trinajstić information content (AvgIpc) is 2.63. The summed E-state index contributed by atoms with van der Waals surface area (Å²) in [6.45, 7) is 6.61. The lowest BCUT2D eigenvalue weighted by molar-refractivity contribution is 0.524. The normalized spacial score (nSPS) is 13.7. The monoisotopic (exact) mass is 189 g/mol. The van der Waals surface area contributed by atoms with E-state index in [9.17, 15) is 0 Å². The van der Waals surface area contributed by atoms with Gasteiger partial charge >= 0.3 is 0 Å². The first-order valence-electron chi connectivity index (χ1n) is 4.97. The molecular formula is C11H15N3. The molecule has 0 fully saturated rings. The summed E-state index contributed by atoms with van der Waals surface area (Å²) in [5.41, 5.74) is 2.07. The lowest BCUT2D eigenvalue weighted by Crippen LogP contribution is -2.06. The number of hydrogen-bond acceptors (Lipinski definition) is 2. The molecule has 0 saturated carbocycles. The van der Waals surface area contributed by atoms with E-state index in [1.54, 1.807) is 0 Å². The van der Waals surface area contributed by atoms with Crippen molar-refractivity contribution in [2.45, 2.75) is 26.7 Å². The van der Waals surface area contributed by atoms with E-state index in [1.807, 2.05) is 29.2 Å². The van der Waals surface area contributed by atoms with Gasteiger partial charge in [0, 0.05) is 30.7 Å². The van der Waals surface area contributed by atoms with Crippen LogP contribution in [0, 0.1) is 5.92 Å². The molecule has 0 aliphatic heterocycles. The minimum Gasteiger partial charge on any atom is -0.304 e. The van der Waals surface area contributed by atoms with Crippen LogP contribution in [-0.2, 0) is 0 Å². The van der Waals surface area contributed by atoms with Crippen molar-refractivity contribution in [1.29, 1.82) is 0 Å². The standard InChI is InChI=1S/C11H15N3/c1-8(2)9(3)10-11-13-5-7-14(11)6-4-12-10/h4-9H,1-3H3. The number of fused-ring (bicyclic) bond motifs is 1. The van der Waals surface area contributed by atoms with Gasteiger partial charge in [-0.1, -0.05) is 20.8 Å². The predicted octanol–water partition coefficient (Wildman–Crippen LogP) is 2.49. The summed E-state index contributed by atoms with van der Waals surface area (Å²) in [5, 5.41) is 0. The molecule has 0 saturated heterocycles. The molecule has 0 radical (unpaired) electrons. The van der Waals surface area contributed by atoms with Crippen LogP contribution >= 0.6 is 0 Å². The van der Waals surface area contributed by atoms with Crippen molar-refractivity contribution in [2.75, 3.05) is 0 Å². The molecule has 0 aliphatic rings. The highest BCUT2D eigenvalue weighted by Crippen LogP contribution is 2.24. The Balaban J connectivity index is 2.56. The van der Waals surface area contributed by atoms with Crippen LogP contribution in [0.5, 0.6) is 0 Å². The first kappa shape index (κ1) is 9.19. The van der Waals surface area contributed by atoms with Gasteiger partial charge in [-0.2, -0.15) is 0 Å². The highest BCUT2D eigenvalue weighted by molar-refractivity contribution is 5.45. The van der Waals surface area contributed by atoms with Gasteiger partial charge in [-0.3, -0.25) is 4.98 Å². The molecule has 0 aliphatic carbocycles. The van der Waals surface area contributed by atoms with Crippen LogP contribution in [0.25, 0.3) is 5.65 Å². The van der Waals surface area contributed by atoms with Crippen LogP contribution in [0.2, 0.25) is 0 Å². The van der Waals surface area contributed by atoms with Gasteiger partial charge in [-0.25, -0.2) is 4.98 Å². The van der Waals surface area contributed by atoms with Crippen molar-refractivity contribution in [1.82, 2.24) is 14.4 Å². The Hall–Kier alpha value is -1.38. The molecule has 1 atom stereocenters. The maximum absolute atomic E-state index is 4.42. The van der Waals surface area contributed by atoms with Crippen LogP contribution < -0.4 is 0 Å². The smallest absolute Gasteiger partial charge is 0.158 e. The molecular weight excluding hydrogens is 174 g/mol. The van der Waals surface area contributed by atoms with Crippen LogP contribution in [0.1, 0.15) is 32.4 Å². The van der Waals surface area contributed by atoms with E-state index >= 15 is 0 Å². The summed E-state index contributed by atoms with van der Waals surface area (Å²) >= 11 is 0. The molecule has 3 heteroatoms. The molecule has 0 amide bonds. The largest absolute Gasteiger partial charge is 0.304 e. The number of nitrogens with zero attached hydrogens (tertiary/aromatic N) is 3. The van der Waals surface area contributed by atoms with E-state index in [0.717, 1.165) is 11.3 Å². The molecule has 0 N–H and O–H groups in total. The number of hydrogen-bond donors (Lipinski definition) is 0. The van der Waals surface area contributed by atoms with E-state index < -0.39 is 0 Å². The van der Waals surface area contributed by atoms with Crippen LogP contribution in [0.4, 0.5) is 0 Å². The van der Waals surface area contributed by atoms with Crippen LogP contribution in [-0.4, -0.2) is 14.4 Å². The lowest BCUT2D eigenvalue weighted by Gasteiger charge is -2.14. The Kier molecular flexibility index (Phi) is 2.23. The minimum absolute atomic E-state index is 0.445. The Morgan fingerprint density at radius 2 is 1.71 bits per heavy atom. The van der Waals surface area contributed by atoms with Crippen molar-refractivity contribution in [3.8, 4) is 0 Å². The van der Waals surface area contributed by atoms with Gasteiger partial charge in [0.2, 0.25) is 0 Å². The summed E-state index contributed by atoms with van der Waals surface area (Å²) in [4.78, 5) is 8.74. The summed E-state index contributed by atoms with van der Waals surface area (Å²) in [7, 11) is 0. The molecule has 2 heterocycles. The van der Waals surface area contributed by atoms with Gasteiger partial charge in [-0.05, 0) is 5.92 Å². The second kappa shape index (κ2) is 3.40. The van der Waals surface area contributed by atoms with E-state index in [-0.39, 0.29) is 0 Å². The van der Waals surface area contributed by atoms with Gasteiger partial charge in [0.1, 0.15) is 0 Å². The Morgan fingerprint density at radius 3 is 2.36 bits per heavy atom. The van der Waals surface area contributed by atoms with Crippen molar-refractivity contribution < 1.29 is 0 Å². The third kappa shape index (κ3) is 1.39. The summed E-state index contributed by atoms with van der Waals surface area (Å²) in [5.74, 6) is 1.03. The zero-order valence-electron chi connectivity index (χ0n) is 8.81. The predicted molar refractivity (Wildman–Crippen MR) is 56.2 cm³/mol. The molecule has 14 heavy (non-hydrogen) atoms. The van der Waals surface area contributed by atoms with E-state index in [0.29, 0.717) is 11.8 Å². The molecule has 2 aromatic heterocycles. The second-order valence-corrected chi connectivity index (χ2v) is 4.00. The maximum atomic E-state index is 4.42. The van der Waals surface area contributed by atoms with Gasteiger partial charge in [0.05, 0.1) is 5.69 Å². The van der Waals surface area contributed by atoms with E-state index in [4.69, 9.17) is 0 Å². The first-order valence-corrected chi connectivity index (χ1v) is 4.97. The third-order valence-electron chi connectivity index (χ3n) is 2.77. The third-order valence-corrected chi connectivity index (χ3v) is 2.77. The Labute approximate surface area is 83.8 Å². The van der Waals surface area contributed by atoms with Gasteiger partial charge in [0.15, 0.2) is 5.65 Å². The zero-order valence-corrected chi connectivity index (χ0v) is 8.81. The fourth-order valence-corrected chi connectivity index (χ4v) is 1.51. The van der Waals surface area contributed by atoms with Crippen molar-refractivity contribution >= 4 is 5.65 Å². The minimum atomic E-state index is 0.445. The Bertz CT molecular complexity index is 431. The van der Waals surface area contributed by atoms with E-state index in [1.165, 1.54) is 0 Å². The van der Waals surface area contributed by atoms with Gasteiger partial charge in [0.25, 0.3) is 0 Å². The topological polar surface area (TPSA) is 30.2 Å². The first-order chi connectivity index (χ1) is 6.70. The lowest BCUT2D eigenvalue weighted by atomic mass is 9.95. The summed E-state index contributed by atoms with van der Waals surface area (Å²) in [6, 6.07) is 0. The van der Waals surface area contributed by atoms with Crippen molar-refractivity contribution in [3.63, 3.8) is 0 Å². The maximum Gasteiger partial charge on any atom is 0.158 e. The van der Waals surface area contributed by atoms with Crippen molar-refractivity contribution in [3.05, 3.63) is 30.5 Å². The number of rotatable bonds is 2. The molecule has 1 unspecified atom stereocenters. The SMILES string of the molecule is CC(C)C(C)c1nccn2ccnc12. The molecule has 2 rings (SSSR count). The Morgan fingerprint density at radius 1 is 1.07 bits per heavy atom. The highest BCUT2D eigenvalue weighted by Gasteiger charge is 2.15. The molecule has 0 spiro atoms. The molecule has 0 aromatic carbocycles. The summed E-state index contributed by atoms with van der Waals surface area (Å²) < 4.78 is 2.02. The van der Waals surface area contributed by atoms with Gasteiger partial charge in [-0.15, -0.1) is 0 Å².